The standard InChI is InChI=1S/C45H30S2/c1-45(2)39-24-30(19-21-36(39)38-25-43-44(26-40(38)45)47-42-17-8-7-16-41(42)46-43)28-11-9-10-27(22-28)29-18-20-35-33-14-4-3-12-31(33)32-13-5-6-15-34(32)37(35)23-29/h3-26H,1-2H3. The Labute approximate surface area is 283 Å². The van der Waals surface area contributed by atoms with Crippen LogP contribution in [0, 0.1) is 0 Å². The Morgan fingerprint density at radius 2 is 0.830 bits per heavy atom. The molecule has 222 valence electrons. The average Bonchev–Trinajstić information content (AvgIpc) is 3.34. The Hall–Kier alpha value is -4.76. The van der Waals surface area contributed by atoms with Crippen LogP contribution in [0.15, 0.2) is 165 Å². The molecular weight excluding hydrogens is 605 g/mol. The van der Waals surface area contributed by atoms with Crippen molar-refractivity contribution in [3.05, 3.63) is 157 Å². The van der Waals surface area contributed by atoms with Crippen molar-refractivity contribution in [3.63, 3.8) is 0 Å². The Morgan fingerprint density at radius 3 is 1.49 bits per heavy atom. The Morgan fingerprint density at radius 1 is 0.340 bits per heavy atom. The number of fused-ring (bicyclic) bond motifs is 11. The third kappa shape index (κ3) is 4.11. The SMILES string of the molecule is CC1(C)c2cc(-c3cccc(-c4ccc5c6ccccc6c6ccccc6c5c4)c3)ccc2-c2cc3c(cc21)Sc1ccccc1S3. The van der Waals surface area contributed by atoms with E-state index in [0.29, 0.717) is 0 Å². The lowest BCUT2D eigenvalue weighted by molar-refractivity contribution is 0.658. The van der Waals surface area contributed by atoms with E-state index in [1.807, 2.05) is 23.5 Å². The van der Waals surface area contributed by atoms with Crippen LogP contribution < -0.4 is 0 Å². The molecule has 0 N–H and O–H groups in total. The summed E-state index contributed by atoms with van der Waals surface area (Å²) >= 11 is 3.81. The van der Waals surface area contributed by atoms with Crippen molar-refractivity contribution >= 4 is 55.8 Å². The Bertz CT molecular complexity index is 2570. The van der Waals surface area contributed by atoms with Crippen LogP contribution in [0.1, 0.15) is 25.0 Å². The smallest absolute Gasteiger partial charge is 0.0268 e. The summed E-state index contributed by atoms with van der Waals surface area (Å²) in [5.74, 6) is 0. The molecule has 47 heavy (non-hydrogen) atoms. The fraction of sp³-hybridized carbons (Fsp3) is 0.0667. The third-order valence-electron chi connectivity index (χ3n) is 10.3. The molecular formula is C45H30S2. The van der Waals surface area contributed by atoms with E-state index in [4.69, 9.17) is 0 Å². The van der Waals surface area contributed by atoms with E-state index in [1.165, 1.54) is 96.4 Å². The quantitative estimate of drug-likeness (QED) is 0.174. The largest absolute Gasteiger partial charge is 0.0877 e. The normalized spacial score (nSPS) is 14.2. The van der Waals surface area contributed by atoms with E-state index < -0.39 is 0 Å². The first-order valence-electron chi connectivity index (χ1n) is 16.3. The molecule has 0 atom stereocenters. The monoisotopic (exact) mass is 634 g/mol. The maximum Gasteiger partial charge on any atom is 0.0268 e. The highest BCUT2D eigenvalue weighted by Gasteiger charge is 2.37. The number of hydrogen-bond donors (Lipinski definition) is 0. The molecule has 1 aliphatic heterocycles. The minimum Gasteiger partial charge on any atom is -0.0877 e. The molecule has 8 aromatic carbocycles. The molecule has 0 amide bonds. The Balaban J connectivity index is 1.06. The first-order chi connectivity index (χ1) is 23.0. The van der Waals surface area contributed by atoms with Crippen LogP contribution in [-0.2, 0) is 5.41 Å². The van der Waals surface area contributed by atoms with Gasteiger partial charge in [-0.25, -0.2) is 0 Å². The zero-order valence-electron chi connectivity index (χ0n) is 26.2. The van der Waals surface area contributed by atoms with Crippen molar-refractivity contribution in [2.24, 2.45) is 0 Å². The lowest BCUT2D eigenvalue weighted by Gasteiger charge is -2.24. The van der Waals surface area contributed by atoms with Crippen LogP contribution in [0.25, 0.3) is 65.7 Å². The maximum atomic E-state index is 2.46. The second-order valence-corrected chi connectivity index (χ2v) is 15.5. The molecule has 0 saturated heterocycles. The van der Waals surface area contributed by atoms with Crippen molar-refractivity contribution in [2.45, 2.75) is 38.8 Å². The summed E-state index contributed by atoms with van der Waals surface area (Å²) in [7, 11) is 0. The van der Waals surface area contributed by atoms with Crippen molar-refractivity contribution in [1.82, 2.24) is 0 Å². The van der Waals surface area contributed by atoms with Crippen LogP contribution in [0.5, 0.6) is 0 Å². The predicted molar refractivity (Wildman–Crippen MR) is 202 cm³/mol. The summed E-state index contributed by atoms with van der Waals surface area (Å²) in [5, 5.41) is 7.86. The molecule has 1 heterocycles. The molecule has 0 bridgehead atoms. The molecule has 0 nitrogen and oxygen atoms in total. The molecule has 0 unspecified atom stereocenters. The van der Waals surface area contributed by atoms with Crippen molar-refractivity contribution in [3.8, 4) is 33.4 Å². The minimum absolute atomic E-state index is 0.0717. The van der Waals surface area contributed by atoms with Gasteiger partial charge in [-0.2, -0.15) is 0 Å². The van der Waals surface area contributed by atoms with Crippen LogP contribution >= 0.6 is 23.5 Å². The van der Waals surface area contributed by atoms with Crippen LogP contribution in [0.2, 0.25) is 0 Å². The van der Waals surface area contributed by atoms with Gasteiger partial charge in [0.25, 0.3) is 0 Å². The van der Waals surface area contributed by atoms with Gasteiger partial charge in [0.2, 0.25) is 0 Å². The molecule has 0 aromatic heterocycles. The topological polar surface area (TPSA) is 0 Å². The second kappa shape index (κ2) is 10.1. The van der Waals surface area contributed by atoms with E-state index in [0.717, 1.165) is 0 Å². The van der Waals surface area contributed by atoms with Gasteiger partial charge in [-0.15, -0.1) is 0 Å². The minimum atomic E-state index is -0.0717. The molecule has 2 aliphatic rings. The molecule has 0 radical (unpaired) electrons. The number of benzene rings is 8. The molecule has 8 aromatic rings. The van der Waals surface area contributed by atoms with Gasteiger partial charge in [-0.05, 0) is 119 Å². The van der Waals surface area contributed by atoms with Gasteiger partial charge in [0.05, 0.1) is 0 Å². The summed E-state index contributed by atoms with van der Waals surface area (Å²) in [4.78, 5) is 5.44. The van der Waals surface area contributed by atoms with Gasteiger partial charge < -0.3 is 0 Å². The molecule has 0 fully saturated rings. The molecule has 1 aliphatic carbocycles. The molecule has 10 rings (SSSR count). The van der Waals surface area contributed by atoms with E-state index in [9.17, 15) is 0 Å². The van der Waals surface area contributed by atoms with Crippen molar-refractivity contribution in [2.75, 3.05) is 0 Å². The number of rotatable bonds is 2. The highest BCUT2D eigenvalue weighted by molar-refractivity contribution is 8.05. The highest BCUT2D eigenvalue weighted by atomic mass is 32.2. The molecule has 2 heteroatoms. The summed E-state index contributed by atoms with van der Waals surface area (Å²) in [6.45, 7) is 4.78. The zero-order chi connectivity index (χ0) is 31.3. The van der Waals surface area contributed by atoms with E-state index in [-0.39, 0.29) is 5.41 Å². The fourth-order valence-electron chi connectivity index (χ4n) is 7.90. The van der Waals surface area contributed by atoms with Gasteiger partial charge in [0.1, 0.15) is 0 Å². The average molecular weight is 635 g/mol. The molecule has 0 saturated carbocycles. The lowest BCUT2D eigenvalue weighted by Crippen LogP contribution is -2.15. The zero-order valence-corrected chi connectivity index (χ0v) is 27.8. The van der Waals surface area contributed by atoms with Crippen LogP contribution in [0.3, 0.4) is 0 Å². The first kappa shape index (κ1) is 27.4. The predicted octanol–water partition coefficient (Wildman–Crippen LogP) is 13.4. The summed E-state index contributed by atoms with van der Waals surface area (Å²) < 4.78 is 0. The maximum absolute atomic E-state index is 2.46. The van der Waals surface area contributed by atoms with E-state index in [1.54, 1.807) is 0 Å². The van der Waals surface area contributed by atoms with Gasteiger partial charge >= 0.3 is 0 Å². The first-order valence-corrected chi connectivity index (χ1v) is 17.9. The number of hydrogen-bond acceptors (Lipinski definition) is 2. The van der Waals surface area contributed by atoms with Crippen molar-refractivity contribution < 1.29 is 0 Å². The van der Waals surface area contributed by atoms with Crippen LogP contribution in [0.4, 0.5) is 0 Å². The fourth-order valence-corrected chi connectivity index (χ4v) is 10.2. The Kier molecular flexibility index (Phi) is 5.89. The summed E-state index contributed by atoms with van der Waals surface area (Å²) in [5.41, 5.74) is 10.5. The second-order valence-electron chi connectivity index (χ2n) is 13.3. The van der Waals surface area contributed by atoms with E-state index >= 15 is 0 Å². The summed E-state index contributed by atoms with van der Waals surface area (Å²) in [6.07, 6.45) is 0. The van der Waals surface area contributed by atoms with Gasteiger partial charge in [-0.3, -0.25) is 0 Å². The van der Waals surface area contributed by atoms with Gasteiger partial charge in [0.15, 0.2) is 0 Å². The van der Waals surface area contributed by atoms with Crippen LogP contribution in [-0.4, -0.2) is 0 Å². The van der Waals surface area contributed by atoms with Gasteiger partial charge in [0, 0.05) is 25.0 Å². The summed E-state index contributed by atoms with van der Waals surface area (Å²) in [6, 6.07) is 54.5. The van der Waals surface area contributed by atoms with Crippen molar-refractivity contribution in [1.29, 1.82) is 0 Å². The highest BCUT2D eigenvalue weighted by Crippen LogP contribution is 2.56. The third-order valence-corrected chi connectivity index (χ3v) is 12.8. The molecule has 0 spiro atoms. The lowest BCUT2D eigenvalue weighted by atomic mass is 9.81. The van der Waals surface area contributed by atoms with Gasteiger partial charge in [-0.1, -0.05) is 140 Å². The van der Waals surface area contributed by atoms with E-state index in [2.05, 4.69) is 159 Å².